The summed E-state index contributed by atoms with van der Waals surface area (Å²) in [6.07, 6.45) is 0.945. The number of benzene rings is 2. The van der Waals surface area contributed by atoms with Gasteiger partial charge in [0, 0.05) is 17.3 Å². The molecular formula is C25H24N4O3S2. The third kappa shape index (κ3) is 5.73. The van der Waals surface area contributed by atoms with Crippen LogP contribution in [-0.4, -0.2) is 33.7 Å². The number of anilines is 1. The second-order valence-electron chi connectivity index (χ2n) is 7.49. The molecule has 0 fully saturated rings. The van der Waals surface area contributed by atoms with E-state index in [2.05, 4.69) is 27.2 Å². The molecule has 0 spiro atoms. The van der Waals surface area contributed by atoms with Gasteiger partial charge in [0.05, 0.1) is 29.1 Å². The second kappa shape index (κ2) is 10.7. The van der Waals surface area contributed by atoms with Crippen molar-refractivity contribution in [3.05, 3.63) is 76.2 Å². The molecule has 0 unspecified atom stereocenters. The van der Waals surface area contributed by atoms with Crippen LogP contribution in [0, 0.1) is 6.92 Å². The first-order valence-electron chi connectivity index (χ1n) is 10.7. The molecule has 2 aromatic carbocycles. The summed E-state index contributed by atoms with van der Waals surface area (Å²) in [5.41, 5.74) is 3.96. The number of aromatic amines is 1. The van der Waals surface area contributed by atoms with E-state index in [9.17, 15) is 9.59 Å². The standard InChI is InChI=1S/C25H24N4O3S2/c1-4-16-5-9-18(10-6-16)27-22(31)14-33-25-28-20(13-21(30)29-25)23-15(2)26-24(34-23)17-7-11-19(32-3)12-8-17/h5-13H,4,14H2,1-3H3,(H,27,31)(H,28,29,30). The molecule has 0 saturated carbocycles. The molecule has 2 aromatic heterocycles. The van der Waals surface area contributed by atoms with E-state index < -0.39 is 0 Å². The lowest BCUT2D eigenvalue weighted by Gasteiger charge is -2.06. The summed E-state index contributed by atoms with van der Waals surface area (Å²) in [7, 11) is 1.63. The van der Waals surface area contributed by atoms with Crippen molar-refractivity contribution in [2.75, 3.05) is 18.2 Å². The summed E-state index contributed by atoms with van der Waals surface area (Å²) >= 11 is 2.65. The Labute approximate surface area is 205 Å². The van der Waals surface area contributed by atoms with Crippen molar-refractivity contribution >= 4 is 34.7 Å². The van der Waals surface area contributed by atoms with E-state index >= 15 is 0 Å². The highest BCUT2D eigenvalue weighted by atomic mass is 32.2. The van der Waals surface area contributed by atoms with Gasteiger partial charge in [-0.05, 0) is 55.3 Å². The molecule has 0 aliphatic heterocycles. The normalized spacial score (nSPS) is 10.8. The Morgan fingerprint density at radius 1 is 1.12 bits per heavy atom. The summed E-state index contributed by atoms with van der Waals surface area (Å²) in [6.45, 7) is 3.98. The number of nitrogens with zero attached hydrogens (tertiary/aromatic N) is 2. The summed E-state index contributed by atoms with van der Waals surface area (Å²) < 4.78 is 5.22. The number of hydrogen-bond donors (Lipinski definition) is 2. The van der Waals surface area contributed by atoms with Gasteiger partial charge in [-0.15, -0.1) is 11.3 Å². The topological polar surface area (TPSA) is 97.0 Å². The van der Waals surface area contributed by atoms with Crippen molar-refractivity contribution < 1.29 is 9.53 Å². The van der Waals surface area contributed by atoms with Gasteiger partial charge in [0.25, 0.3) is 5.56 Å². The number of carbonyl (C=O) groups is 1. The molecule has 2 N–H and O–H groups in total. The van der Waals surface area contributed by atoms with Crippen LogP contribution in [0.1, 0.15) is 18.2 Å². The number of carbonyl (C=O) groups excluding carboxylic acids is 1. The maximum absolute atomic E-state index is 12.4. The van der Waals surface area contributed by atoms with Gasteiger partial charge in [0.15, 0.2) is 5.16 Å². The number of amides is 1. The molecule has 4 rings (SSSR count). The van der Waals surface area contributed by atoms with Crippen LogP contribution in [0.5, 0.6) is 5.75 Å². The highest BCUT2D eigenvalue weighted by Gasteiger charge is 2.15. The van der Waals surface area contributed by atoms with Crippen molar-refractivity contribution in [3.8, 4) is 26.9 Å². The van der Waals surface area contributed by atoms with E-state index in [1.54, 1.807) is 7.11 Å². The van der Waals surface area contributed by atoms with Gasteiger partial charge in [0.1, 0.15) is 10.8 Å². The van der Waals surface area contributed by atoms with E-state index in [1.165, 1.54) is 34.7 Å². The van der Waals surface area contributed by atoms with Gasteiger partial charge in [-0.25, -0.2) is 9.97 Å². The van der Waals surface area contributed by atoms with Gasteiger partial charge >= 0.3 is 0 Å². The molecule has 174 valence electrons. The molecule has 4 aromatic rings. The Bertz CT molecular complexity index is 1350. The molecular weight excluding hydrogens is 468 g/mol. The van der Waals surface area contributed by atoms with Crippen molar-refractivity contribution in [2.24, 2.45) is 0 Å². The van der Waals surface area contributed by atoms with Crippen LogP contribution < -0.4 is 15.6 Å². The largest absolute Gasteiger partial charge is 0.497 e. The fourth-order valence-corrected chi connectivity index (χ4v) is 4.97. The lowest BCUT2D eigenvalue weighted by atomic mass is 10.1. The summed E-state index contributed by atoms with van der Waals surface area (Å²) in [4.78, 5) is 37.4. The first-order chi connectivity index (χ1) is 16.4. The van der Waals surface area contributed by atoms with E-state index in [4.69, 9.17) is 4.74 Å². The highest BCUT2D eigenvalue weighted by molar-refractivity contribution is 7.99. The maximum atomic E-state index is 12.4. The molecule has 0 bridgehead atoms. The zero-order valence-electron chi connectivity index (χ0n) is 19.0. The lowest BCUT2D eigenvalue weighted by molar-refractivity contribution is -0.113. The average Bonchev–Trinajstić information content (AvgIpc) is 3.24. The van der Waals surface area contributed by atoms with E-state index in [0.717, 1.165) is 39.0 Å². The summed E-state index contributed by atoms with van der Waals surface area (Å²) in [5, 5.41) is 4.09. The van der Waals surface area contributed by atoms with Crippen LogP contribution in [0.15, 0.2) is 64.5 Å². The molecule has 9 heteroatoms. The van der Waals surface area contributed by atoms with Gasteiger partial charge < -0.3 is 15.0 Å². The van der Waals surface area contributed by atoms with Gasteiger partial charge in [-0.3, -0.25) is 9.59 Å². The maximum Gasteiger partial charge on any atom is 0.252 e. The number of hydrogen-bond acceptors (Lipinski definition) is 7. The number of aryl methyl sites for hydroxylation is 2. The molecule has 0 aliphatic carbocycles. The lowest BCUT2D eigenvalue weighted by Crippen LogP contribution is -2.15. The Balaban J connectivity index is 1.48. The van der Waals surface area contributed by atoms with Crippen LogP contribution in [0.25, 0.3) is 21.1 Å². The van der Waals surface area contributed by atoms with Crippen LogP contribution in [0.4, 0.5) is 5.69 Å². The third-order valence-corrected chi connectivity index (χ3v) is 7.17. The van der Waals surface area contributed by atoms with E-state index in [1.807, 2.05) is 55.5 Å². The zero-order valence-corrected chi connectivity index (χ0v) is 20.7. The third-order valence-electron chi connectivity index (χ3n) is 5.07. The monoisotopic (exact) mass is 492 g/mol. The Morgan fingerprint density at radius 2 is 1.85 bits per heavy atom. The molecule has 7 nitrogen and oxygen atoms in total. The summed E-state index contributed by atoms with van der Waals surface area (Å²) in [5.74, 6) is 0.732. The van der Waals surface area contributed by atoms with Crippen LogP contribution in [-0.2, 0) is 11.2 Å². The van der Waals surface area contributed by atoms with E-state index in [0.29, 0.717) is 10.9 Å². The van der Waals surface area contributed by atoms with E-state index in [-0.39, 0.29) is 17.2 Å². The number of ether oxygens (including phenoxy) is 1. The second-order valence-corrected chi connectivity index (χ2v) is 9.45. The Morgan fingerprint density at radius 3 is 2.53 bits per heavy atom. The van der Waals surface area contributed by atoms with Gasteiger partial charge in [-0.1, -0.05) is 30.8 Å². The molecule has 0 radical (unpaired) electrons. The van der Waals surface area contributed by atoms with Crippen molar-refractivity contribution in [3.63, 3.8) is 0 Å². The minimum atomic E-state index is -0.276. The Hall–Kier alpha value is -3.43. The van der Waals surface area contributed by atoms with Crippen molar-refractivity contribution in [1.29, 1.82) is 0 Å². The average molecular weight is 493 g/mol. The highest BCUT2D eigenvalue weighted by Crippen LogP contribution is 2.34. The number of thioether (sulfide) groups is 1. The predicted octanol–water partition coefficient (Wildman–Crippen LogP) is 5.17. The number of aromatic nitrogens is 3. The first kappa shape index (κ1) is 23.7. The molecule has 1 amide bonds. The predicted molar refractivity (Wildman–Crippen MR) is 138 cm³/mol. The molecule has 0 saturated heterocycles. The molecule has 2 heterocycles. The van der Waals surface area contributed by atoms with Crippen molar-refractivity contribution in [2.45, 2.75) is 25.4 Å². The number of methoxy groups -OCH3 is 1. The molecule has 0 atom stereocenters. The van der Waals surface area contributed by atoms with Crippen LogP contribution >= 0.6 is 23.1 Å². The fraction of sp³-hybridized carbons (Fsp3) is 0.200. The van der Waals surface area contributed by atoms with Crippen LogP contribution in [0.3, 0.4) is 0 Å². The zero-order chi connectivity index (χ0) is 24.1. The minimum Gasteiger partial charge on any atom is -0.497 e. The van der Waals surface area contributed by atoms with Crippen molar-refractivity contribution in [1.82, 2.24) is 15.0 Å². The summed E-state index contributed by atoms with van der Waals surface area (Å²) in [6, 6.07) is 16.9. The Kier molecular flexibility index (Phi) is 7.44. The molecule has 0 aliphatic rings. The number of H-pyrrole nitrogens is 1. The van der Waals surface area contributed by atoms with Gasteiger partial charge in [0.2, 0.25) is 5.91 Å². The SMILES string of the molecule is CCc1ccc(NC(=O)CSc2nc(-c3sc(-c4ccc(OC)cc4)nc3C)cc(=O)[nH]2)cc1. The number of nitrogens with one attached hydrogen (secondary N) is 2. The molecule has 34 heavy (non-hydrogen) atoms. The first-order valence-corrected chi connectivity index (χ1v) is 12.5. The number of thiazole rings is 1. The minimum absolute atomic E-state index is 0.126. The fourth-order valence-electron chi connectivity index (χ4n) is 3.27. The van der Waals surface area contributed by atoms with Crippen LogP contribution in [0.2, 0.25) is 0 Å². The van der Waals surface area contributed by atoms with Gasteiger partial charge in [-0.2, -0.15) is 0 Å². The quantitative estimate of drug-likeness (QED) is 0.260. The number of rotatable bonds is 8. The smallest absolute Gasteiger partial charge is 0.252 e.